The molecule has 5 heteroatoms. The number of carbonyl (C=O) groups is 1. The lowest BCUT2D eigenvalue weighted by molar-refractivity contribution is -0.115. The second-order valence-electron chi connectivity index (χ2n) is 8.82. The van der Waals surface area contributed by atoms with Crippen LogP contribution in [-0.4, -0.2) is 17.1 Å². The monoisotopic (exact) mass is 406 g/mol. The van der Waals surface area contributed by atoms with E-state index in [1.807, 2.05) is 42.5 Å². The smallest absolute Gasteiger partial charge is 0.250 e. The van der Waals surface area contributed by atoms with Gasteiger partial charge >= 0.3 is 0 Å². The summed E-state index contributed by atoms with van der Waals surface area (Å²) in [5, 5.41) is 6.71. The zero-order valence-corrected chi connectivity index (χ0v) is 17.2. The first-order valence-electron chi connectivity index (χ1n) is 10.6. The molecule has 0 radical (unpaired) electrons. The summed E-state index contributed by atoms with van der Waals surface area (Å²) in [5.41, 5.74) is 1.01. The van der Waals surface area contributed by atoms with Gasteiger partial charge in [-0.2, -0.15) is 0 Å². The van der Waals surface area contributed by atoms with Crippen molar-refractivity contribution in [1.29, 1.82) is 0 Å². The predicted octanol–water partition coefficient (Wildman–Crippen LogP) is 4.78. The van der Waals surface area contributed by atoms with Crippen molar-refractivity contribution in [2.75, 3.05) is 0 Å². The van der Waals surface area contributed by atoms with Crippen LogP contribution in [0.2, 0.25) is 0 Å². The minimum Gasteiger partial charge on any atom is -0.457 e. The van der Waals surface area contributed by atoms with Crippen LogP contribution in [0, 0.1) is 23.7 Å². The van der Waals surface area contributed by atoms with Gasteiger partial charge in [0.1, 0.15) is 11.5 Å². The van der Waals surface area contributed by atoms with Gasteiger partial charge in [0.25, 0.3) is 0 Å². The molecule has 1 aromatic carbocycles. The van der Waals surface area contributed by atoms with Crippen molar-refractivity contribution in [1.82, 2.24) is 10.6 Å². The molecule has 0 unspecified atom stereocenters. The summed E-state index contributed by atoms with van der Waals surface area (Å²) in [6.07, 6.45) is 9.87. The normalized spacial score (nSPS) is 29.9. The molecule has 4 fully saturated rings. The SMILES string of the molecule is O=C(/C=C/c1ccc(-c2ccccc2)o1)NC(=S)NC1C2CC3CC(C2)CC1C3. The fourth-order valence-corrected chi connectivity index (χ4v) is 6.10. The van der Waals surface area contributed by atoms with Gasteiger partial charge in [-0.1, -0.05) is 30.3 Å². The fraction of sp³-hybridized carbons (Fsp3) is 0.417. The van der Waals surface area contributed by atoms with E-state index in [1.165, 1.54) is 38.2 Å². The van der Waals surface area contributed by atoms with Gasteiger partial charge in [-0.05, 0) is 86.2 Å². The summed E-state index contributed by atoms with van der Waals surface area (Å²) < 4.78 is 5.80. The number of furan rings is 1. The summed E-state index contributed by atoms with van der Waals surface area (Å²) in [5.74, 6) is 4.48. The van der Waals surface area contributed by atoms with Crippen LogP contribution in [0.15, 0.2) is 53.0 Å². The lowest BCUT2D eigenvalue weighted by atomic mass is 9.54. The maximum atomic E-state index is 12.3. The molecule has 6 rings (SSSR count). The molecule has 0 aliphatic heterocycles. The Balaban J connectivity index is 1.15. The summed E-state index contributed by atoms with van der Waals surface area (Å²) in [4.78, 5) is 12.3. The Morgan fingerprint density at radius 2 is 1.66 bits per heavy atom. The Labute approximate surface area is 176 Å². The van der Waals surface area contributed by atoms with Crippen LogP contribution in [0.1, 0.15) is 37.9 Å². The third kappa shape index (κ3) is 4.01. The Hall–Kier alpha value is -2.40. The molecule has 4 bridgehead atoms. The van der Waals surface area contributed by atoms with Gasteiger partial charge in [-0.25, -0.2) is 0 Å². The average Bonchev–Trinajstić information content (AvgIpc) is 3.18. The highest BCUT2D eigenvalue weighted by Crippen LogP contribution is 2.53. The number of hydrogen-bond donors (Lipinski definition) is 2. The van der Waals surface area contributed by atoms with Crippen molar-refractivity contribution in [3.63, 3.8) is 0 Å². The highest BCUT2D eigenvalue weighted by molar-refractivity contribution is 7.80. The van der Waals surface area contributed by atoms with Crippen molar-refractivity contribution in [2.24, 2.45) is 23.7 Å². The number of carbonyl (C=O) groups excluding carboxylic acids is 1. The standard InChI is InChI=1S/C24H26N2O2S/c27-22(9-7-20-6-8-21(28-20)17-4-2-1-3-5-17)25-24(29)26-23-18-11-15-10-16(13-18)14-19(23)12-15/h1-9,15-16,18-19,23H,10-14H2,(H2,25,26,27,29)/b9-7+. The molecule has 2 N–H and O–H groups in total. The molecular formula is C24H26N2O2S. The van der Waals surface area contributed by atoms with E-state index in [0.717, 1.165) is 35.0 Å². The first-order chi connectivity index (χ1) is 14.1. The van der Waals surface area contributed by atoms with E-state index in [4.69, 9.17) is 16.6 Å². The predicted molar refractivity (Wildman–Crippen MR) is 118 cm³/mol. The largest absolute Gasteiger partial charge is 0.457 e. The fourth-order valence-electron chi connectivity index (χ4n) is 5.86. The van der Waals surface area contributed by atoms with E-state index in [0.29, 0.717) is 16.9 Å². The Bertz CT molecular complexity index is 905. The topological polar surface area (TPSA) is 54.3 Å². The molecular weight excluding hydrogens is 380 g/mol. The van der Waals surface area contributed by atoms with Crippen molar-refractivity contribution in [3.05, 3.63) is 54.3 Å². The molecule has 4 nitrogen and oxygen atoms in total. The summed E-state index contributed by atoms with van der Waals surface area (Å²) in [7, 11) is 0. The summed E-state index contributed by atoms with van der Waals surface area (Å²) in [6, 6.07) is 14.1. The molecule has 1 heterocycles. The van der Waals surface area contributed by atoms with Gasteiger partial charge in [0.15, 0.2) is 5.11 Å². The minimum atomic E-state index is -0.232. The third-order valence-corrected chi connectivity index (χ3v) is 7.07. The Kier molecular flexibility index (Phi) is 5.00. The quantitative estimate of drug-likeness (QED) is 0.567. The maximum Gasteiger partial charge on any atom is 0.250 e. The highest BCUT2D eigenvalue weighted by Gasteiger charge is 2.48. The number of rotatable bonds is 4. The third-order valence-electron chi connectivity index (χ3n) is 6.85. The van der Waals surface area contributed by atoms with Crippen LogP contribution in [0.25, 0.3) is 17.4 Å². The zero-order valence-electron chi connectivity index (χ0n) is 16.3. The lowest BCUT2D eigenvalue weighted by Gasteiger charge is -2.54. The average molecular weight is 407 g/mol. The molecule has 4 saturated carbocycles. The molecule has 29 heavy (non-hydrogen) atoms. The van der Waals surface area contributed by atoms with Gasteiger partial charge in [0.2, 0.25) is 5.91 Å². The van der Waals surface area contributed by atoms with Crippen LogP contribution < -0.4 is 10.6 Å². The molecule has 1 aromatic heterocycles. The van der Waals surface area contributed by atoms with Crippen molar-refractivity contribution in [2.45, 2.75) is 38.1 Å². The van der Waals surface area contributed by atoms with Crippen LogP contribution in [-0.2, 0) is 4.79 Å². The minimum absolute atomic E-state index is 0.232. The highest BCUT2D eigenvalue weighted by atomic mass is 32.1. The Morgan fingerprint density at radius 3 is 2.34 bits per heavy atom. The first-order valence-corrected chi connectivity index (χ1v) is 11.0. The van der Waals surface area contributed by atoms with E-state index in [2.05, 4.69) is 10.6 Å². The number of benzene rings is 1. The summed E-state index contributed by atoms with van der Waals surface area (Å²) >= 11 is 5.43. The lowest BCUT2D eigenvalue weighted by Crippen LogP contribution is -2.57. The van der Waals surface area contributed by atoms with E-state index < -0.39 is 0 Å². The second kappa shape index (κ2) is 7.79. The van der Waals surface area contributed by atoms with Gasteiger partial charge in [0, 0.05) is 17.7 Å². The first kappa shape index (κ1) is 18.6. The maximum absolute atomic E-state index is 12.3. The van der Waals surface area contributed by atoms with Crippen LogP contribution in [0.5, 0.6) is 0 Å². The van der Waals surface area contributed by atoms with Gasteiger partial charge in [-0.3, -0.25) is 10.1 Å². The molecule has 1 amide bonds. The van der Waals surface area contributed by atoms with Gasteiger partial charge < -0.3 is 9.73 Å². The van der Waals surface area contributed by atoms with Crippen LogP contribution in [0.3, 0.4) is 0 Å². The molecule has 2 aromatic rings. The zero-order chi connectivity index (χ0) is 19.8. The number of thiocarbonyl (C=S) groups is 1. The molecule has 0 spiro atoms. The number of amides is 1. The van der Waals surface area contributed by atoms with Crippen molar-refractivity contribution in [3.8, 4) is 11.3 Å². The van der Waals surface area contributed by atoms with Crippen LogP contribution in [0.4, 0.5) is 0 Å². The molecule has 4 aliphatic rings. The molecule has 0 atom stereocenters. The van der Waals surface area contributed by atoms with Crippen molar-refractivity contribution < 1.29 is 9.21 Å². The Morgan fingerprint density at radius 1 is 0.966 bits per heavy atom. The van der Waals surface area contributed by atoms with E-state index in [-0.39, 0.29) is 5.91 Å². The number of nitrogens with one attached hydrogen (secondary N) is 2. The van der Waals surface area contributed by atoms with E-state index in [9.17, 15) is 4.79 Å². The van der Waals surface area contributed by atoms with Gasteiger partial charge in [0.05, 0.1) is 0 Å². The van der Waals surface area contributed by atoms with E-state index in [1.54, 1.807) is 6.08 Å². The van der Waals surface area contributed by atoms with E-state index >= 15 is 0 Å². The second-order valence-corrected chi connectivity index (χ2v) is 9.23. The molecule has 150 valence electrons. The van der Waals surface area contributed by atoms with Crippen LogP contribution >= 0.6 is 12.2 Å². The summed E-state index contributed by atoms with van der Waals surface area (Å²) in [6.45, 7) is 0. The van der Waals surface area contributed by atoms with Gasteiger partial charge in [-0.15, -0.1) is 0 Å². The number of hydrogen-bond acceptors (Lipinski definition) is 3. The molecule has 0 saturated heterocycles. The molecule has 4 aliphatic carbocycles. The van der Waals surface area contributed by atoms with Crippen molar-refractivity contribution >= 4 is 29.3 Å².